The molecule has 1 N–H and O–H groups in total. The van der Waals surface area contributed by atoms with Crippen molar-refractivity contribution in [2.45, 2.75) is 31.4 Å². The van der Waals surface area contributed by atoms with Gasteiger partial charge >= 0.3 is 0 Å². The number of sulfonamides is 1. The number of anilines is 1. The fourth-order valence-corrected chi connectivity index (χ4v) is 5.02. The highest BCUT2D eigenvalue weighted by Gasteiger charge is 2.29. The SMILES string of the molecule is CC(C)Oc1ccc(CNC(=O)CN(c2ccc(F)cc2)S(=O)(=O)c2ccc3c(c2)OCCO3)cc1. The van der Waals surface area contributed by atoms with Crippen LogP contribution in [0.4, 0.5) is 10.1 Å². The summed E-state index contributed by atoms with van der Waals surface area (Å²) in [7, 11) is -4.20. The molecule has 0 bridgehead atoms. The second-order valence-electron chi connectivity index (χ2n) is 8.38. The predicted molar refractivity (Wildman–Crippen MR) is 132 cm³/mol. The third-order valence-electron chi connectivity index (χ3n) is 5.29. The minimum atomic E-state index is -4.20. The summed E-state index contributed by atoms with van der Waals surface area (Å²) in [4.78, 5) is 12.8. The Morgan fingerprint density at radius 1 is 1.00 bits per heavy atom. The van der Waals surface area contributed by atoms with E-state index in [-0.39, 0.29) is 23.2 Å². The van der Waals surface area contributed by atoms with Gasteiger partial charge in [0.05, 0.1) is 16.7 Å². The second kappa shape index (κ2) is 10.9. The van der Waals surface area contributed by atoms with Crippen molar-refractivity contribution in [3.8, 4) is 17.2 Å². The minimum Gasteiger partial charge on any atom is -0.491 e. The number of carbonyl (C=O) groups is 1. The Bertz CT molecular complexity index is 1310. The average Bonchev–Trinajstić information content (AvgIpc) is 2.87. The van der Waals surface area contributed by atoms with Crippen LogP contribution in [0.15, 0.2) is 71.6 Å². The molecule has 0 radical (unpaired) electrons. The topological polar surface area (TPSA) is 94.2 Å². The molecule has 1 heterocycles. The van der Waals surface area contributed by atoms with Crippen molar-refractivity contribution in [1.29, 1.82) is 0 Å². The molecule has 0 aromatic heterocycles. The maximum atomic E-state index is 13.6. The maximum absolute atomic E-state index is 13.6. The molecule has 3 aromatic carbocycles. The van der Waals surface area contributed by atoms with Gasteiger partial charge in [-0.25, -0.2) is 12.8 Å². The van der Waals surface area contributed by atoms with Crippen LogP contribution in [0.3, 0.4) is 0 Å². The first-order valence-electron chi connectivity index (χ1n) is 11.4. The normalized spacial score (nSPS) is 12.8. The molecule has 1 aliphatic rings. The largest absolute Gasteiger partial charge is 0.491 e. The standard InChI is InChI=1S/C26H27FN2O6S/c1-18(2)35-22-9-3-19(4-10-22)16-28-26(30)17-29(21-7-5-20(27)6-8-21)36(31,32)23-11-12-24-25(15-23)34-14-13-33-24/h3-12,15,18H,13-14,16-17H2,1-2H3,(H,28,30). The van der Waals surface area contributed by atoms with E-state index >= 15 is 0 Å². The second-order valence-corrected chi connectivity index (χ2v) is 10.2. The van der Waals surface area contributed by atoms with Crippen LogP contribution in [0, 0.1) is 5.82 Å². The van der Waals surface area contributed by atoms with Crippen LogP contribution in [0.1, 0.15) is 19.4 Å². The molecule has 3 aromatic rings. The summed E-state index contributed by atoms with van der Waals surface area (Å²) in [5.41, 5.74) is 0.971. The van der Waals surface area contributed by atoms with Gasteiger partial charge in [0.2, 0.25) is 5.91 Å². The zero-order valence-electron chi connectivity index (χ0n) is 19.9. The van der Waals surface area contributed by atoms with Gasteiger partial charge in [0.25, 0.3) is 10.0 Å². The third-order valence-corrected chi connectivity index (χ3v) is 7.06. The van der Waals surface area contributed by atoms with Crippen molar-refractivity contribution in [3.05, 3.63) is 78.1 Å². The van der Waals surface area contributed by atoms with Crippen LogP contribution in [0.25, 0.3) is 0 Å². The van der Waals surface area contributed by atoms with Gasteiger partial charge in [0.1, 0.15) is 31.3 Å². The fraction of sp³-hybridized carbons (Fsp3) is 0.269. The summed E-state index contributed by atoms with van der Waals surface area (Å²) in [5.74, 6) is 0.410. The highest BCUT2D eigenvalue weighted by molar-refractivity contribution is 7.92. The molecule has 10 heteroatoms. The van der Waals surface area contributed by atoms with Crippen molar-refractivity contribution >= 4 is 21.6 Å². The van der Waals surface area contributed by atoms with E-state index in [1.54, 1.807) is 12.1 Å². The van der Waals surface area contributed by atoms with Gasteiger partial charge in [-0.05, 0) is 67.9 Å². The van der Waals surface area contributed by atoms with Gasteiger partial charge in [-0.15, -0.1) is 0 Å². The van der Waals surface area contributed by atoms with Crippen molar-refractivity contribution in [2.24, 2.45) is 0 Å². The van der Waals surface area contributed by atoms with Crippen molar-refractivity contribution < 1.29 is 31.8 Å². The van der Waals surface area contributed by atoms with E-state index in [0.29, 0.717) is 30.5 Å². The third kappa shape index (κ3) is 6.06. The molecule has 1 aliphatic heterocycles. The molecule has 0 spiro atoms. The quantitative estimate of drug-likeness (QED) is 0.466. The van der Waals surface area contributed by atoms with Crippen LogP contribution in [0.5, 0.6) is 17.2 Å². The number of benzene rings is 3. The van der Waals surface area contributed by atoms with Gasteiger partial charge in [-0.2, -0.15) is 0 Å². The molecule has 4 rings (SSSR count). The fourth-order valence-electron chi connectivity index (χ4n) is 3.58. The molecular formula is C26H27FN2O6S. The maximum Gasteiger partial charge on any atom is 0.264 e. The molecule has 0 fully saturated rings. The Balaban J connectivity index is 1.53. The summed E-state index contributed by atoms with van der Waals surface area (Å²) in [6.07, 6.45) is 0.0455. The van der Waals surface area contributed by atoms with Crippen molar-refractivity contribution in [3.63, 3.8) is 0 Å². The number of carbonyl (C=O) groups excluding carboxylic acids is 1. The highest BCUT2D eigenvalue weighted by Crippen LogP contribution is 2.34. The Morgan fingerprint density at radius 3 is 2.33 bits per heavy atom. The monoisotopic (exact) mass is 514 g/mol. The number of rotatable bonds is 9. The van der Waals surface area contributed by atoms with Gasteiger partial charge < -0.3 is 19.5 Å². The lowest BCUT2D eigenvalue weighted by Gasteiger charge is -2.25. The number of amides is 1. The van der Waals surface area contributed by atoms with E-state index in [2.05, 4.69) is 5.32 Å². The van der Waals surface area contributed by atoms with E-state index in [1.165, 1.54) is 30.3 Å². The number of nitrogens with one attached hydrogen (secondary N) is 1. The molecule has 0 saturated heterocycles. The summed E-state index contributed by atoms with van der Waals surface area (Å²) < 4.78 is 58.2. The molecule has 36 heavy (non-hydrogen) atoms. The zero-order valence-corrected chi connectivity index (χ0v) is 20.8. The Labute approximate surface area is 209 Å². The summed E-state index contributed by atoms with van der Waals surface area (Å²) >= 11 is 0. The van der Waals surface area contributed by atoms with Crippen LogP contribution in [-0.2, 0) is 21.4 Å². The Morgan fingerprint density at radius 2 is 1.67 bits per heavy atom. The van der Waals surface area contributed by atoms with Crippen LogP contribution < -0.4 is 23.8 Å². The molecule has 0 unspecified atom stereocenters. The highest BCUT2D eigenvalue weighted by atomic mass is 32.2. The zero-order chi connectivity index (χ0) is 25.7. The minimum absolute atomic E-state index is 0.0455. The van der Waals surface area contributed by atoms with E-state index in [0.717, 1.165) is 22.0 Å². The molecular weight excluding hydrogens is 487 g/mol. The number of hydrogen-bond acceptors (Lipinski definition) is 6. The smallest absolute Gasteiger partial charge is 0.264 e. The molecule has 0 saturated carbocycles. The first-order chi connectivity index (χ1) is 17.2. The molecule has 0 aliphatic carbocycles. The van der Waals surface area contributed by atoms with Gasteiger partial charge in [0, 0.05) is 12.6 Å². The first kappa shape index (κ1) is 25.3. The van der Waals surface area contributed by atoms with E-state index in [1.807, 2.05) is 26.0 Å². The van der Waals surface area contributed by atoms with E-state index in [4.69, 9.17) is 14.2 Å². The predicted octanol–water partition coefficient (Wildman–Crippen LogP) is 3.90. The summed E-state index contributed by atoms with van der Waals surface area (Å²) in [6, 6.07) is 16.4. The number of halogens is 1. The average molecular weight is 515 g/mol. The lowest BCUT2D eigenvalue weighted by Crippen LogP contribution is -2.40. The Hall–Kier alpha value is -3.79. The number of nitrogens with zero attached hydrogens (tertiary/aromatic N) is 1. The molecule has 190 valence electrons. The van der Waals surface area contributed by atoms with Crippen LogP contribution in [0.2, 0.25) is 0 Å². The van der Waals surface area contributed by atoms with E-state index in [9.17, 15) is 17.6 Å². The molecule has 1 amide bonds. The lowest BCUT2D eigenvalue weighted by atomic mass is 10.2. The van der Waals surface area contributed by atoms with Gasteiger partial charge in [-0.3, -0.25) is 9.10 Å². The number of hydrogen-bond donors (Lipinski definition) is 1. The summed E-state index contributed by atoms with van der Waals surface area (Å²) in [6.45, 7) is 4.22. The van der Waals surface area contributed by atoms with Crippen LogP contribution in [-0.4, -0.2) is 40.2 Å². The number of ether oxygens (including phenoxy) is 3. The summed E-state index contributed by atoms with van der Waals surface area (Å²) in [5, 5.41) is 2.74. The molecule has 8 nitrogen and oxygen atoms in total. The number of fused-ring (bicyclic) bond motifs is 1. The first-order valence-corrected chi connectivity index (χ1v) is 12.9. The molecule has 0 atom stereocenters. The van der Waals surface area contributed by atoms with Crippen molar-refractivity contribution in [1.82, 2.24) is 5.32 Å². The van der Waals surface area contributed by atoms with Crippen LogP contribution >= 0.6 is 0 Å². The Kier molecular flexibility index (Phi) is 7.64. The van der Waals surface area contributed by atoms with Gasteiger partial charge in [-0.1, -0.05) is 12.1 Å². The van der Waals surface area contributed by atoms with Gasteiger partial charge in [0.15, 0.2) is 11.5 Å². The van der Waals surface area contributed by atoms with Crippen molar-refractivity contribution in [2.75, 3.05) is 24.1 Å². The lowest BCUT2D eigenvalue weighted by molar-refractivity contribution is -0.119. The van der Waals surface area contributed by atoms with E-state index < -0.39 is 28.3 Å².